The largest absolute Gasteiger partial charge is 0.504 e. The number of amides is 1. The first kappa shape index (κ1) is 28.7. The van der Waals surface area contributed by atoms with Crippen LogP contribution >= 0.6 is 0 Å². The maximum atomic E-state index is 13.6. The number of likely N-dealkylation sites (tertiary alicyclic amines) is 1. The summed E-state index contributed by atoms with van der Waals surface area (Å²) < 4.78 is 12.5. The van der Waals surface area contributed by atoms with Crippen LogP contribution in [0.4, 0.5) is 0 Å². The third-order valence-corrected chi connectivity index (χ3v) is 10.6. The molecule has 7 nitrogen and oxygen atoms in total. The van der Waals surface area contributed by atoms with E-state index in [0.717, 1.165) is 67.4 Å². The molecular formula is C37H40N2O5. The predicted molar refractivity (Wildman–Crippen MR) is 169 cm³/mol. The first-order chi connectivity index (χ1) is 21.3. The normalized spacial score (nSPS) is 26.6. The smallest absolute Gasteiger partial charge is 0.308 e. The van der Waals surface area contributed by atoms with Crippen molar-refractivity contribution < 1.29 is 24.2 Å². The Hall–Kier alpha value is -4.10. The molecular weight excluding hydrogens is 552 g/mol. The molecule has 1 N–H and O–H groups in total. The number of likely N-dealkylation sites (N-methyl/N-ethyl adjacent to an activating group) is 1. The fourth-order valence-corrected chi connectivity index (χ4v) is 8.71. The van der Waals surface area contributed by atoms with Crippen LogP contribution in [0.15, 0.2) is 66.7 Å². The van der Waals surface area contributed by atoms with Crippen molar-refractivity contribution >= 4 is 18.0 Å². The van der Waals surface area contributed by atoms with Crippen LogP contribution in [0.3, 0.4) is 0 Å². The molecule has 228 valence electrons. The number of phenolic OH excluding ortho intramolecular Hbond substituents is 1. The second kappa shape index (κ2) is 11.1. The van der Waals surface area contributed by atoms with Crippen LogP contribution in [0.1, 0.15) is 54.0 Å². The van der Waals surface area contributed by atoms with Crippen LogP contribution in [-0.4, -0.2) is 65.1 Å². The van der Waals surface area contributed by atoms with E-state index in [1.54, 1.807) is 12.1 Å². The highest BCUT2D eigenvalue weighted by molar-refractivity contribution is 5.92. The Morgan fingerprint density at radius 3 is 2.73 bits per heavy atom. The second-order valence-electron chi connectivity index (χ2n) is 13.0. The molecule has 0 radical (unpaired) electrons. The summed E-state index contributed by atoms with van der Waals surface area (Å²) in [6, 6.07) is 20.3. The standard InChI is InChI=1S/C37H40N2O5/c1-23-8-7-11-26(20-23)12-15-33(42)38(3)29-14-13-28-30-21-27-32(43-24(2)40)22-31(41)35-34(27)37(28,36(29)44-35)17-19-39(30)18-16-25-9-5-4-6-10-25/h4-12,15,20,22,28-30,36,41H,13-14,16-19,21H2,1-3H3/t28-,29+,30+,36-,37-/m0/s1. The summed E-state index contributed by atoms with van der Waals surface area (Å²) in [7, 11) is 1.87. The molecule has 3 aromatic rings. The van der Waals surface area contributed by atoms with E-state index in [9.17, 15) is 14.7 Å². The van der Waals surface area contributed by atoms with Gasteiger partial charge in [-0.15, -0.1) is 0 Å². The first-order valence-electron chi connectivity index (χ1n) is 15.8. The van der Waals surface area contributed by atoms with E-state index in [0.29, 0.717) is 17.4 Å². The van der Waals surface area contributed by atoms with Crippen LogP contribution in [0.25, 0.3) is 6.08 Å². The van der Waals surface area contributed by atoms with Gasteiger partial charge in [0.1, 0.15) is 11.9 Å². The number of carbonyl (C=O) groups excluding carboxylic acids is 2. The van der Waals surface area contributed by atoms with E-state index in [1.165, 1.54) is 12.5 Å². The van der Waals surface area contributed by atoms with Gasteiger partial charge < -0.3 is 19.5 Å². The molecule has 4 aliphatic rings. The van der Waals surface area contributed by atoms with Crippen LogP contribution in [-0.2, 0) is 27.8 Å². The van der Waals surface area contributed by atoms with E-state index in [4.69, 9.17) is 9.47 Å². The zero-order chi connectivity index (χ0) is 30.6. The molecule has 7 rings (SSSR count). The SMILES string of the molecule is CC(=O)Oc1cc(O)c2c3c1C[C@@H]1[C@@H]4CC[C@@H](N(C)C(=O)C=Cc5cccc(C)c5)[C@H](O2)[C@]34CCN1CCc1ccccc1. The third kappa shape index (κ3) is 4.69. The zero-order valence-electron chi connectivity index (χ0n) is 25.7. The van der Waals surface area contributed by atoms with E-state index in [2.05, 4.69) is 41.3 Å². The van der Waals surface area contributed by atoms with E-state index >= 15 is 0 Å². The number of benzene rings is 3. The number of ether oxygens (including phenoxy) is 2. The van der Waals surface area contributed by atoms with E-state index in [-0.39, 0.29) is 35.3 Å². The minimum atomic E-state index is -0.408. The summed E-state index contributed by atoms with van der Waals surface area (Å²) in [5, 5.41) is 11.2. The van der Waals surface area contributed by atoms with Crippen molar-refractivity contribution in [3.63, 3.8) is 0 Å². The number of carbonyl (C=O) groups is 2. The summed E-state index contributed by atoms with van der Waals surface area (Å²) in [6.07, 6.45) is 7.56. The van der Waals surface area contributed by atoms with Gasteiger partial charge in [-0.05, 0) is 68.7 Å². The van der Waals surface area contributed by atoms with Gasteiger partial charge in [-0.1, -0.05) is 60.2 Å². The van der Waals surface area contributed by atoms with Crippen molar-refractivity contribution in [1.29, 1.82) is 0 Å². The number of piperidine rings is 1. The van der Waals surface area contributed by atoms with Crippen molar-refractivity contribution in [3.8, 4) is 17.2 Å². The van der Waals surface area contributed by atoms with Gasteiger partial charge in [-0.25, -0.2) is 0 Å². The average Bonchev–Trinajstić information content (AvgIpc) is 3.35. The molecule has 2 bridgehead atoms. The summed E-state index contributed by atoms with van der Waals surface area (Å²) in [4.78, 5) is 30.2. The lowest BCUT2D eigenvalue weighted by molar-refractivity contribution is -0.135. The predicted octanol–water partition coefficient (Wildman–Crippen LogP) is 5.45. The third-order valence-electron chi connectivity index (χ3n) is 10.6. The molecule has 0 unspecified atom stereocenters. The van der Waals surface area contributed by atoms with Crippen LogP contribution in [0.2, 0.25) is 0 Å². The molecule has 2 fully saturated rings. The number of aryl methyl sites for hydroxylation is 1. The fourth-order valence-electron chi connectivity index (χ4n) is 8.71. The lowest BCUT2D eigenvalue weighted by Crippen LogP contribution is -2.69. The van der Waals surface area contributed by atoms with Gasteiger partial charge in [0.15, 0.2) is 11.5 Å². The highest BCUT2D eigenvalue weighted by Crippen LogP contribution is 2.65. The zero-order valence-corrected chi connectivity index (χ0v) is 25.7. The molecule has 2 aliphatic heterocycles. The average molecular weight is 593 g/mol. The highest BCUT2D eigenvalue weighted by atomic mass is 16.5. The summed E-state index contributed by atoms with van der Waals surface area (Å²) >= 11 is 0. The summed E-state index contributed by atoms with van der Waals surface area (Å²) in [6.45, 7) is 5.29. The van der Waals surface area contributed by atoms with Gasteiger partial charge in [0, 0.05) is 55.2 Å². The molecule has 2 aliphatic carbocycles. The number of aromatic hydroxyl groups is 1. The van der Waals surface area contributed by atoms with Crippen molar-refractivity contribution in [2.45, 2.75) is 69.6 Å². The first-order valence-corrected chi connectivity index (χ1v) is 15.8. The monoisotopic (exact) mass is 592 g/mol. The minimum absolute atomic E-state index is 0.000412. The molecule has 3 aromatic carbocycles. The van der Waals surface area contributed by atoms with Crippen molar-refractivity contribution in [2.24, 2.45) is 5.92 Å². The van der Waals surface area contributed by atoms with Crippen LogP contribution in [0, 0.1) is 12.8 Å². The van der Waals surface area contributed by atoms with Crippen molar-refractivity contribution in [3.05, 3.63) is 94.6 Å². The maximum absolute atomic E-state index is 13.6. The number of rotatable bonds is 7. The summed E-state index contributed by atoms with van der Waals surface area (Å²) in [5.74, 6) is 0.765. The number of phenols is 1. The minimum Gasteiger partial charge on any atom is -0.504 e. The molecule has 44 heavy (non-hydrogen) atoms. The Balaban J connectivity index is 1.24. The number of hydrogen-bond acceptors (Lipinski definition) is 6. The number of nitrogens with zero attached hydrogens (tertiary/aromatic N) is 2. The van der Waals surface area contributed by atoms with Gasteiger partial charge in [0.2, 0.25) is 5.91 Å². The number of hydrogen-bond donors (Lipinski definition) is 1. The Morgan fingerprint density at radius 1 is 1.14 bits per heavy atom. The van der Waals surface area contributed by atoms with Crippen LogP contribution < -0.4 is 9.47 Å². The maximum Gasteiger partial charge on any atom is 0.308 e. The van der Waals surface area contributed by atoms with Gasteiger partial charge in [-0.3, -0.25) is 14.5 Å². The lowest BCUT2D eigenvalue weighted by Gasteiger charge is -2.60. The Labute approximate surface area is 259 Å². The van der Waals surface area contributed by atoms with Crippen LogP contribution in [0.5, 0.6) is 17.2 Å². The molecule has 1 spiro atoms. The molecule has 0 aromatic heterocycles. The highest BCUT2D eigenvalue weighted by Gasteiger charge is 2.67. The molecule has 1 saturated carbocycles. The van der Waals surface area contributed by atoms with Crippen molar-refractivity contribution in [2.75, 3.05) is 20.1 Å². The lowest BCUT2D eigenvalue weighted by atomic mass is 9.50. The van der Waals surface area contributed by atoms with E-state index < -0.39 is 5.97 Å². The molecule has 2 heterocycles. The quantitative estimate of drug-likeness (QED) is 0.223. The van der Waals surface area contributed by atoms with Gasteiger partial charge >= 0.3 is 5.97 Å². The summed E-state index contributed by atoms with van der Waals surface area (Å²) in [5.41, 5.74) is 5.06. The Kier molecular flexibility index (Phi) is 7.24. The molecule has 1 saturated heterocycles. The fraction of sp³-hybridized carbons (Fsp3) is 0.405. The van der Waals surface area contributed by atoms with E-state index in [1.807, 2.05) is 43.1 Å². The second-order valence-corrected chi connectivity index (χ2v) is 13.0. The Bertz CT molecular complexity index is 1630. The topological polar surface area (TPSA) is 79.3 Å². The van der Waals surface area contributed by atoms with Gasteiger partial charge in [0.05, 0.1) is 6.04 Å². The molecule has 1 amide bonds. The van der Waals surface area contributed by atoms with Crippen molar-refractivity contribution in [1.82, 2.24) is 9.80 Å². The Morgan fingerprint density at radius 2 is 1.95 bits per heavy atom. The molecule has 7 heteroatoms. The number of esters is 1. The van der Waals surface area contributed by atoms with Gasteiger partial charge in [-0.2, -0.15) is 0 Å². The van der Waals surface area contributed by atoms with Gasteiger partial charge in [0.25, 0.3) is 0 Å². The molecule has 5 atom stereocenters.